The van der Waals surface area contributed by atoms with Crippen LogP contribution in [0.5, 0.6) is 11.5 Å². The van der Waals surface area contributed by atoms with Gasteiger partial charge in [0.2, 0.25) is 0 Å². The van der Waals surface area contributed by atoms with Gasteiger partial charge in [-0.3, -0.25) is 4.79 Å². The summed E-state index contributed by atoms with van der Waals surface area (Å²) >= 11 is 2.23. The molecule has 0 heterocycles. The van der Waals surface area contributed by atoms with Crippen LogP contribution in [-0.2, 0) is 4.79 Å². The summed E-state index contributed by atoms with van der Waals surface area (Å²) in [6.07, 6.45) is 7.51. The molecule has 0 unspecified atom stereocenters. The van der Waals surface area contributed by atoms with Gasteiger partial charge in [-0.25, -0.2) is 0 Å². The first-order valence-electron chi connectivity index (χ1n) is 9.58. The summed E-state index contributed by atoms with van der Waals surface area (Å²) in [7, 11) is 0. The van der Waals surface area contributed by atoms with Crippen molar-refractivity contribution in [2.24, 2.45) is 0 Å². The van der Waals surface area contributed by atoms with Crippen molar-refractivity contribution < 1.29 is 14.3 Å². The summed E-state index contributed by atoms with van der Waals surface area (Å²) in [6.45, 7) is 2.95. The van der Waals surface area contributed by atoms with Crippen LogP contribution in [0, 0.1) is 3.57 Å². The third-order valence-electron chi connectivity index (χ3n) is 4.09. The Morgan fingerprint density at radius 2 is 1.44 bits per heavy atom. The molecule has 0 spiro atoms. The van der Waals surface area contributed by atoms with Crippen LogP contribution in [0.25, 0.3) is 0 Å². The van der Waals surface area contributed by atoms with Gasteiger partial charge in [0.1, 0.15) is 11.5 Å². The first-order valence-corrected chi connectivity index (χ1v) is 10.7. The van der Waals surface area contributed by atoms with Crippen molar-refractivity contribution in [3.8, 4) is 11.5 Å². The molecule has 0 saturated heterocycles. The van der Waals surface area contributed by atoms with E-state index < -0.39 is 0 Å². The number of hydrogen-bond donors (Lipinski definition) is 1. The maximum Gasteiger partial charge on any atom is 0.262 e. The Morgan fingerprint density at radius 1 is 0.852 bits per heavy atom. The quantitative estimate of drug-likeness (QED) is 0.297. The molecule has 1 N–H and O–H groups in total. The molecule has 4 nitrogen and oxygen atoms in total. The summed E-state index contributed by atoms with van der Waals surface area (Å²) in [5.41, 5.74) is 0.766. The molecule has 0 saturated carbocycles. The molecule has 0 aliphatic heterocycles. The summed E-state index contributed by atoms with van der Waals surface area (Å²) < 4.78 is 12.4. The molecule has 2 aromatic carbocycles. The average molecular weight is 481 g/mol. The van der Waals surface area contributed by atoms with Crippen molar-refractivity contribution in [2.45, 2.75) is 45.4 Å². The lowest BCUT2D eigenvalue weighted by Crippen LogP contribution is -2.20. The third-order valence-corrected chi connectivity index (χ3v) is 4.81. The molecule has 5 heteroatoms. The molecule has 2 rings (SSSR count). The van der Waals surface area contributed by atoms with Crippen LogP contribution < -0.4 is 14.8 Å². The van der Waals surface area contributed by atoms with Crippen LogP contribution in [0.15, 0.2) is 48.5 Å². The van der Waals surface area contributed by atoms with E-state index in [0.717, 1.165) is 28.0 Å². The van der Waals surface area contributed by atoms with E-state index in [-0.39, 0.29) is 12.5 Å². The van der Waals surface area contributed by atoms with Gasteiger partial charge in [-0.2, -0.15) is 0 Å². The highest BCUT2D eigenvalue weighted by Crippen LogP contribution is 2.18. The molecule has 1 amide bonds. The van der Waals surface area contributed by atoms with Crippen molar-refractivity contribution >= 4 is 34.2 Å². The molecule has 0 aromatic heterocycles. The number of carbonyl (C=O) groups excluding carboxylic acids is 1. The van der Waals surface area contributed by atoms with E-state index in [1.54, 1.807) is 0 Å². The molecule has 0 fully saturated rings. The summed E-state index contributed by atoms with van der Waals surface area (Å²) in [6, 6.07) is 15.0. The predicted molar refractivity (Wildman–Crippen MR) is 119 cm³/mol. The van der Waals surface area contributed by atoms with Crippen molar-refractivity contribution in [3.63, 3.8) is 0 Å². The fourth-order valence-electron chi connectivity index (χ4n) is 2.58. The summed E-state index contributed by atoms with van der Waals surface area (Å²) in [5, 5.41) is 2.81. The second kappa shape index (κ2) is 12.6. The third kappa shape index (κ3) is 9.13. The topological polar surface area (TPSA) is 47.6 Å². The minimum Gasteiger partial charge on any atom is -0.494 e. The van der Waals surface area contributed by atoms with Crippen LogP contribution in [0.4, 0.5) is 5.69 Å². The van der Waals surface area contributed by atoms with Crippen LogP contribution >= 0.6 is 22.6 Å². The molecular weight excluding hydrogens is 453 g/mol. The van der Waals surface area contributed by atoms with Gasteiger partial charge >= 0.3 is 0 Å². The van der Waals surface area contributed by atoms with E-state index in [4.69, 9.17) is 9.47 Å². The van der Waals surface area contributed by atoms with Gasteiger partial charge in [-0.05, 0) is 77.5 Å². The SMILES string of the molecule is CCCCCCCCOc1ccc(OCC(=O)Nc2ccc(I)cc2)cc1. The Kier molecular flexibility index (Phi) is 10.0. The number of unbranched alkanes of at least 4 members (excludes halogenated alkanes) is 5. The van der Waals surface area contributed by atoms with Gasteiger partial charge in [0, 0.05) is 9.26 Å². The molecule has 0 bridgehead atoms. The van der Waals surface area contributed by atoms with Crippen LogP contribution in [-0.4, -0.2) is 19.1 Å². The number of carbonyl (C=O) groups is 1. The minimum atomic E-state index is -0.181. The highest BCUT2D eigenvalue weighted by molar-refractivity contribution is 14.1. The second-order valence-electron chi connectivity index (χ2n) is 6.43. The normalized spacial score (nSPS) is 10.4. The molecule has 27 heavy (non-hydrogen) atoms. The lowest BCUT2D eigenvalue weighted by atomic mass is 10.1. The molecule has 0 atom stereocenters. The van der Waals surface area contributed by atoms with Gasteiger partial charge in [0.05, 0.1) is 6.61 Å². The lowest BCUT2D eigenvalue weighted by molar-refractivity contribution is -0.118. The van der Waals surface area contributed by atoms with Gasteiger partial charge in [0.15, 0.2) is 6.61 Å². The van der Waals surface area contributed by atoms with Crippen molar-refractivity contribution in [1.29, 1.82) is 0 Å². The fourth-order valence-corrected chi connectivity index (χ4v) is 2.94. The minimum absolute atomic E-state index is 0.0239. The molecule has 2 aromatic rings. The number of halogens is 1. The number of benzene rings is 2. The number of rotatable bonds is 12. The van der Waals surface area contributed by atoms with Gasteiger partial charge in [-0.1, -0.05) is 39.0 Å². The number of ether oxygens (including phenoxy) is 2. The van der Waals surface area contributed by atoms with E-state index in [0.29, 0.717) is 5.75 Å². The molecule has 146 valence electrons. The zero-order valence-corrected chi connectivity index (χ0v) is 18.0. The summed E-state index contributed by atoms with van der Waals surface area (Å²) in [5.74, 6) is 1.30. The first-order chi connectivity index (χ1) is 13.2. The number of hydrogen-bond acceptors (Lipinski definition) is 3. The summed E-state index contributed by atoms with van der Waals surface area (Å²) in [4.78, 5) is 11.9. The van der Waals surface area contributed by atoms with E-state index >= 15 is 0 Å². The van der Waals surface area contributed by atoms with Crippen LogP contribution in [0.1, 0.15) is 45.4 Å². The van der Waals surface area contributed by atoms with Crippen LogP contribution in [0.3, 0.4) is 0 Å². The first kappa shape index (κ1) is 21.5. The Bertz CT molecular complexity index is 671. The Hall–Kier alpha value is -1.76. The second-order valence-corrected chi connectivity index (χ2v) is 7.68. The van der Waals surface area contributed by atoms with E-state index in [2.05, 4.69) is 34.8 Å². The van der Waals surface area contributed by atoms with Crippen LogP contribution in [0.2, 0.25) is 0 Å². The van der Waals surface area contributed by atoms with Gasteiger partial charge in [0.25, 0.3) is 5.91 Å². The molecule has 0 aliphatic rings. The van der Waals surface area contributed by atoms with E-state index in [1.165, 1.54) is 32.1 Å². The average Bonchev–Trinajstić information content (AvgIpc) is 2.68. The Balaban J connectivity index is 1.63. The zero-order valence-electron chi connectivity index (χ0n) is 15.9. The smallest absolute Gasteiger partial charge is 0.262 e. The van der Waals surface area contributed by atoms with Crippen molar-refractivity contribution in [2.75, 3.05) is 18.5 Å². The highest BCUT2D eigenvalue weighted by Gasteiger charge is 2.04. The van der Waals surface area contributed by atoms with Crippen molar-refractivity contribution in [1.82, 2.24) is 0 Å². The number of anilines is 1. The van der Waals surface area contributed by atoms with E-state index in [9.17, 15) is 4.79 Å². The Morgan fingerprint density at radius 3 is 2.11 bits per heavy atom. The monoisotopic (exact) mass is 481 g/mol. The molecule has 0 aliphatic carbocycles. The highest BCUT2D eigenvalue weighted by atomic mass is 127. The fraction of sp³-hybridized carbons (Fsp3) is 0.409. The zero-order chi connectivity index (χ0) is 19.3. The predicted octanol–water partition coefficient (Wildman–Crippen LogP) is 6.05. The Labute approximate surface area is 175 Å². The van der Waals surface area contributed by atoms with Gasteiger partial charge < -0.3 is 14.8 Å². The number of amides is 1. The van der Waals surface area contributed by atoms with Crippen molar-refractivity contribution in [3.05, 3.63) is 52.1 Å². The van der Waals surface area contributed by atoms with Gasteiger partial charge in [-0.15, -0.1) is 0 Å². The largest absolute Gasteiger partial charge is 0.494 e. The van der Waals surface area contributed by atoms with E-state index in [1.807, 2.05) is 48.5 Å². The maximum atomic E-state index is 11.9. The maximum absolute atomic E-state index is 11.9. The lowest BCUT2D eigenvalue weighted by Gasteiger charge is -2.09. The standard InChI is InChI=1S/C22H28INO3/c1-2-3-4-5-6-7-16-26-20-12-14-21(15-13-20)27-17-22(25)24-19-10-8-18(23)9-11-19/h8-15H,2-7,16-17H2,1H3,(H,24,25). The number of nitrogens with one attached hydrogen (secondary N) is 1. The molecular formula is C22H28INO3. The molecule has 0 radical (unpaired) electrons.